The molecule has 0 aliphatic heterocycles. The maximum absolute atomic E-state index is 11.8. The van der Waals surface area contributed by atoms with Gasteiger partial charge in [-0.1, -0.05) is 0 Å². The zero-order valence-electron chi connectivity index (χ0n) is 12.8. The van der Waals surface area contributed by atoms with Gasteiger partial charge < -0.3 is 15.4 Å². The molecular weight excluding hydrogens is 342 g/mol. The Balaban J connectivity index is 2.66. The van der Waals surface area contributed by atoms with Gasteiger partial charge in [0.2, 0.25) is 5.91 Å². The summed E-state index contributed by atoms with van der Waals surface area (Å²) in [7, 11) is -0.945. The van der Waals surface area contributed by atoms with Gasteiger partial charge in [-0.25, -0.2) is 4.79 Å². The first kappa shape index (κ1) is 19.4. The minimum absolute atomic E-state index is 0.177. The second-order valence-corrected chi connectivity index (χ2v) is 7.56. The molecule has 1 aromatic rings. The van der Waals surface area contributed by atoms with Gasteiger partial charge in [0.05, 0.1) is 23.3 Å². The molecule has 128 valence electrons. The van der Waals surface area contributed by atoms with Crippen LogP contribution in [0, 0.1) is 6.92 Å². The van der Waals surface area contributed by atoms with E-state index >= 15 is 0 Å². The van der Waals surface area contributed by atoms with E-state index in [9.17, 15) is 23.7 Å². The Morgan fingerprint density at radius 1 is 1.43 bits per heavy atom. The summed E-state index contributed by atoms with van der Waals surface area (Å²) in [4.78, 5) is 39.0. The van der Waals surface area contributed by atoms with Gasteiger partial charge in [-0.05, 0) is 13.0 Å². The molecule has 1 rings (SSSR count). The van der Waals surface area contributed by atoms with Crippen LogP contribution < -0.4 is 16.6 Å². The van der Waals surface area contributed by atoms with E-state index in [4.69, 9.17) is 0 Å². The standard InChI is InChI=1S/C13H19N3O5S2/c1-8-10(12(19)16-13(20)14-8)3-4-11(18)15-9(5-17)6-22-7-23(2)21/h3-4,9,17H,5-7H2,1-2H3,(H,15,18)(H2,14,16,19,20)/b4-3+/t9-,23?/m0/s1. The third-order valence-corrected chi connectivity index (χ3v) is 5.35. The molecule has 8 nitrogen and oxygen atoms in total. The normalized spacial score (nSPS) is 13.9. The summed E-state index contributed by atoms with van der Waals surface area (Å²) in [5.74, 6) is -0.0548. The number of carbonyl (C=O) groups excluding carboxylic acids is 1. The van der Waals surface area contributed by atoms with Crippen LogP contribution in [0.3, 0.4) is 0 Å². The Morgan fingerprint density at radius 2 is 2.13 bits per heavy atom. The van der Waals surface area contributed by atoms with Gasteiger partial charge in [-0.3, -0.25) is 18.8 Å². The first-order valence-corrected chi connectivity index (χ1v) is 9.52. The maximum atomic E-state index is 11.8. The van der Waals surface area contributed by atoms with E-state index in [1.165, 1.54) is 17.8 Å². The largest absolute Gasteiger partial charge is 0.394 e. The van der Waals surface area contributed by atoms with Gasteiger partial charge in [0.25, 0.3) is 5.56 Å². The summed E-state index contributed by atoms with van der Waals surface area (Å²) in [6.45, 7) is 1.30. The molecule has 1 unspecified atom stereocenters. The topological polar surface area (TPSA) is 132 Å². The number of hydrogen-bond donors (Lipinski definition) is 4. The minimum atomic E-state index is -0.945. The van der Waals surface area contributed by atoms with Crippen molar-refractivity contribution in [2.75, 3.05) is 23.7 Å². The van der Waals surface area contributed by atoms with Crippen molar-refractivity contribution in [1.82, 2.24) is 15.3 Å². The van der Waals surface area contributed by atoms with Crippen molar-refractivity contribution in [3.63, 3.8) is 0 Å². The zero-order valence-corrected chi connectivity index (χ0v) is 14.4. The van der Waals surface area contributed by atoms with Gasteiger partial charge in [0.15, 0.2) is 0 Å². The second-order valence-electron chi connectivity index (χ2n) is 4.73. The Kier molecular flexibility index (Phi) is 8.00. The Hall–Kier alpha value is -1.65. The van der Waals surface area contributed by atoms with Crippen LogP contribution in [0.15, 0.2) is 15.7 Å². The summed E-state index contributed by atoms with van der Waals surface area (Å²) in [5.41, 5.74) is -0.673. The monoisotopic (exact) mass is 361 g/mol. The summed E-state index contributed by atoms with van der Waals surface area (Å²) < 4.78 is 11.0. The summed E-state index contributed by atoms with van der Waals surface area (Å²) in [5, 5.41) is 12.2. The van der Waals surface area contributed by atoms with Gasteiger partial charge in [0, 0.05) is 34.6 Å². The molecule has 0 fully saturated rings. The van der Waals surface area contributed by atoms with E-state index in [-0.39, 0.29) is 12.2 Å². The molecule has 23 heavy (non-hydrogen) atoms. The molecule has 1 amide bonds. The van der Waals surface area contributed by atoms with Crippen LogP contribution in [0.1, 0.15) is 11.3 Å². The average molecular weight is 361 g/mol. The van der Waals surface area contributed by atoms with Gasteiger partial charge >= 0.3 is 5.69 Å². The number of aliphatic hydroxyl groups is 1. The number of hydrogen-bond acceptors (Lipinski definition) is 6. The van der Waals surface area contributed by atoms with Crippen molar-refractivity contribution in [2.45, 2.75) is 13.0 Å². The molecule has 0 spiro atoms. The molecule has 0 radical (unpaired) electrons. The predicted octanol–water partition coefficient (Wildman–Crippen LogP) is -1.07. The number of amides is 1. The third-order valence-electron chi connectivity index (χ3n) is 2.71. The van der Waals surface area contributed by atoms with E-state index in [1.807, 2.05) is 0 Å². The van der Waals surface area contributed by atoms with Crippen LogP contribution in [0.5, 0.6) is 0 Å². The van der Waals surface area contributed by atoms with E-state index in [0.717, 1.165) is 6.08 Å². The smallest absolute Gasteiger partial charge is 0.325 e. The first-order chi connectivity index (χ1) is 10.8. The van der Waals surface area contributed by atoms with E-state index in [1.54, 1.807) is 13.2 Å². The van der Waals surface area contributed by atoms with Crippen molar-refractivity contribution < 1.29 is 14.1 Å². The van der Waals surface area contributed by atoms with Crippen LogP contribution in [-0.4, -0.2) is 54.9 Å². The quantitative estimate of drug-likeness (QED) is 0.436. The first-order valence-electron chi connectivity index (χ1n) is 6.64. The van der Waals surface area contributed by atoms with Crippen LogP contribution >= 0.6 is 11.8 Å². The molecule has 10 heteroatoms. The molecule has 0 saturated carbocycles. The third kappa shape index (κ3) is 6.97. The van der Waals surface area contributed by atoms with Gasteiger partial charge in [-0.15, -0.1) is 11.8 Å². The molecule has 1 aromatic heterocycles. The molecule has 0 saturated heterocycles. The summed E-state index contributed by atoms with van der Waals surface area (Å²) in [6.07, 6.45) is 4.02. The second kappa shape index (κ2) is 9.48. The molecule has 0 aliphatic rings. The highest BCUT2D eigenvalue weighted by atomic mass is 32.2. The number of thioether (sulfide) groups is 1. The summed E-state index contributed by atoms with van der Waals surface area (Å²) >= 11 is 1.36. The van der Waals surface area contributed by atoms with Crippen LogP contribution in [0.2, 0.25) is 0 Å². The fraction of sp³-hybridized carbons (Fsp3) is 0.462. The number of rotatable bonds is 8. The van der Waals surface area contributed by atoms with Crippen molar-refractivity contribution in [3.8, 4) is 0 Å². The number of nitrogens with one attached hydrogen (secondary N) is 3. The van der Waals surface area contributed by atoms with Gasteiger partial charge in [0.1, 0.15) is 0 Å². The van der Waals surface area contributed by atoms with Crippen LogP contribution in [-0.2, 0) is 15.6 Å². The molecule has 0 bridgehead atoms. The highest BCUT2D eigenvalue weighted by Gasteiger charge is 2.10. The Bertz CT molecular complexity index is 710. The lowest BCUT2D eigenvalue weighted by Crippen LogP contribution is -2.38. The SMILES string of the molecule is Cc1[nH]c(=O)[nH]c(=O)c1/C=C/C(=O)N[C@@H](CO)CSCS(C)=O. The van der Waals surface area contributed by atoms with Crippen molar-refractivity contribution in [1.29, 1.82) is 0 Å². The number of aliphatic hydroxyl groups excluding tert-OH is 1. The number of aromatic nitrogens is 2. The minimum Gasteiger partial charge on any atom is -0.394 e. The molecule has 0 aromatic carbocycles. The van der Waals surface area contributed by atoms with Crippen molar-refractivity contribution in [2.24, 2.45) is 0 Å². The number of aromatic amines is 2. The lowest BCUT2D eigenvalue weighted by Gasteiger charge is -2.14. The fourth-order valence-corrected chi connectivity index (χ4v) is 3.46. The predicted molar refractivity (Wildman–Crippen MR) is 91.9 cm³/mol. The molecular formula is C13H19N3O5S2. The number of H-pyrrole nitrogens is 2. The highest BCUT2D eigenvalue weighted by Crippen LogP contribution is 2.04. The molecule has 4 N–H and O–H groups in total. The van der Waals surface area contributed by atoms with Crippen LogP contribution in [0.4, 0.5) is 0 Å². The molecule has 2 atom stereocenters. The molecule has 1 heterocycles. The van der Waals surface area contributed by atoms with Crippen LogP contribution in [0.25, 0.3) is 6.08 Å². The summed E-state index contributed by atoms with van der Waals surface area (Å²) in [6, 6.07) is -0.476. The Morgan fingerprint density at radius 3 is 2.70 bits per heavy atom. The fourth-order valence-electron chi connectivity index (χ4n) is 1.67. The highest BCUT2D eigenvalue weighted by molar-refractivity contribution is 8.10. The number of carbonyl (C=O) groups is 1. The van der Waals surface area contributed by atoms with E-state index < -0.39 is 34.0 Å². The molecule has 0 aliphatic carbocycles. The maximum Gasteiger partial charge on any atom is 0.325 e. The van der Waals surface area contributed by atoms with Crippen molar-refractivity contribution >= 4 is 34.5 Å². The number of aryl methyl sites for hydroxylation is 1. The van der Waals surface area contributed by atoms with E-state index in [2.05, 4.69) is 15.3 Å². The van der Waals surface area contributed by atoms with Gasteiger partial charge in [-0.2, -0.15) is 0 Å². The van der Waals surface area contributed by atoms with E-state index in [0.29, 0.717) is 16.5 Å². The Labute approximate surface area is 139 Å². The van der Waals surface area contributed by atoms with Crippen molar-refractivity contribution in [3.05, 3.63) is 38.2 Å². The zero-order chi connectivity index (χ0) is 17.4. The lowest BCUT2D eigenvalue weighted by molar-refractivity contribution is -0.117. The average Bonchev–Trinajstić information content (AvgIpc) is 2.44. The lowest BCUT2D eigenvalue weighted by atomic mass is 10.2.